The van der Waals surface area contributed by atoms with Crippen LogP contribution < -0.4 is 0 Å². The fourth-order valence-electron chi connectivity index (χ4n) is 4.41. The van der Waals surface area contributed by atoms with Gasteiger partial charge in [0.25, 0.3) is 0 Å². The first-order valence-corrected chi connectivity index (χ1v) is 9.14. The van der Waals surface area contributed by atoms with Gasteiger partial charge < -0.3 is 9.47 Å². The molecule has 1 saturated carbocycles. The number of carbonyl (C=O) groups is 1. The van der Waals surface area contributed by atoms with Crippen LogP contribution in [0.3, 0.4) is 0 Å². The Hall–Kier alpha value is -1.36. The maximum Gasteiger partial charge on any atom is 0.223 e. The number of hydrogen-bond donors (Lipinski definition) is 0. The summed E-state index contributed by atoms with van der Waals surface area (Å²) in [4.78, 5) is 21.5. The van der Waals surface area contributed by atoms with Crippen molar-refractivity contribution in [2.45, 2.75) is 57.0 Å². The predicted molar refractivity (Wildman–Crippen MR) is 88.7 cm³/mol. The van der Waals surface area contributed by atoms with Crippen molar-refractivity contribution in [2.24, 2.45) is 13.0 Å². The number of carbonyl (C=O) groups excluding carboxylic acids is 1. The van der Waals surface area contributed by atoms with Crippen LogP contribution >= 0.6 is 0 Å². The Labute approximate surface area is 138 Å². The molecule has 3 heterocycles. The normalized spacial score (nSPS) is 29.4. The first-order chi connectivity index (χ1) is 11.2. The number of aromatic nitrogens is 2. The van der Waals surface area contributed by atoms with E-state index in [-0.39, 0.29) is 5.54 Å². The molecule has 3 aliphatic rings. The Morgan fingerprint density at radius 3 is 2.87 bits per heavy atom. The molecule has 1 aromatic heterocycles. The SMILES string of the molecule is Cn1cncc1CN1CCCC2(CCC(=O)N2CC2CC2)CC1. The highest BCUT2D eigenvalue weighted by Crippen LogP contribution is 2.42. The molecule has 23 heavy (non-hydrogen) atoms. The van der Waals surface area contributed by atoms with E-state index in [0.29, 0.717) is 5.91 Å². The Kier molecular flexibility index (Phi) is 3.92. The first kappa shape index (κ1) is 15.2. The van der Waals surface area contributed by atoms with E-state index in [1.54, 1.807) is 0 Å². The molecule has 1 unspecified atom stereocenters. The molecule has 2 saturated heterocycles. The van der Waals surface area contributed by atoms with Crippen LogP contribution in [0.4, 0.5) is 0 Å². The molecule has 2 aliphatic heterocycles. The van der Waals surface area contributed by atoms with E-state index in [1.807, 2.05) is 12.5 Å². The smallest absolute Gasteiger partial charge is 0.223 e. The molecule has 5 heteroatoms. The van der Waals surface area contributed by atoms with E-state index in [2.05, 4.69) is 26.4 Å². The lowest BCUT2D eigenvalue weighted by Gasteiger charge is -2.38. The van der Waals surface area contributed by atoms with Gasteiger partial charge in [0.15, 0.2) is 0 Å². The fraction of sp³-hybridized carbons (Fsp3) is 0.778. The molecule has 4 rings (SSSR count). The van der Waals surface area contributed by atoms with Gasteiger partial charge in [-0.15, -0.1) is 0 Å². The van der Waals surface area contributed by atoms with Crippen LogP contribution in [-0.4, -0.2) is 50.4 Å². The monoisotopic (exact) mass is 316 g/mol. The first-order valence-electron chi connectivity index (χ1n) is 9.14. The zero-order chi connectivity index (χ0) is 15.9. The van der Waals surface area contributed by atoms with Crippen molar-refractivity contribution in [3.8, 4) is 0 Å². The average Bonchev–Trinajstić information content (AvgIpc) is 3.24. The van der Waals surface area contributed by atoms with E-state index in [9.17, 15) is 4.79 Å². The lowest BCUT2D eigenvalue weighted by molar-refractivity contribution is -0.131. The largest absolute Gasteiger partial charge is 0.337 e. The number of imidazole rings is 1. The minimum Gasteiger partial charge on any atom is -0.337 e. The summed E-state index contributed by atoms with van der Waals surface area (Å²) in [5.41, 5.74) is 1.44. The van der Waals surface area contributed by atoms with Gasteiger partial charge in [0.1, 0.15) is 0 Å². The maximum atomic E-state index is 12.4. The molecule has 5 nitrogen and oxygen atoms in total. The minimum absolute atomic E-state index is 0.168. The summed E-state index contributed by atoms with van der Waals surface area (Å²) < 4.78 is 2.11. The lowest BCUT2D eigenvalue weighted by atomic mass is 9.87. The summed E-state index contributed by atoms with van der Waals surface area (Å²) in [5.74, 6) is 1.21. The molecule has 0 bridgehead atoms. The third-order valence-electron chi connectivity index (χ3n) is 6.13. The van der Waals surface area contributed by atoms with Gasteiger partial charge in [-0.3, -0.25) is 9.69 Å². The summed E-state index contributed by atoms with van der Waals surface area (Å²) in [7, 11) is 2.06. The van der Waals surface area contributed by atoms with Gasteiger partial charge in [-0.1, -0.05) is 0 Å². The number of nitrogens with zero attached hydrogens (tertiary/aromatic N) is 4. The van der Waals surface area contributed by atoms with Crippen LogP contribution in [0.25, 0.3) is 0 Å². The number of hydrogen-bond acceptors (Lipinski definition) is 3. The molecule has 1 aromatic rings. The van der Waals surface area contributed by atoms with Crippen molar-refractivity contribution in [1.29, 1.82) is 0 Å². The molecular formula is C18H28N4O. The summed E-state index contributed by atoms with van der Waals surface area (Å²) in [5, 5.41) is 0. The van der Waals surface area contributed by atoms with Gasteiger partial charge in [-0.2, -0.15) is 0 Å². The zero-order valence-electron chi connectivity index (χ0n) is 14.2. The Morgan fingerprint density at radius 2 is 2.13 bits per heavy atom. The number of amides is 1. The number of aryl methyl sites for hydroxylation is 1. The van der Waals surface area contributed by atoms with Gasteiger partial charge in [0, 0.05) is 44.8 Å². The van der Waals surface area contributed by atoms with Crippen molar-refractivity contribution in [3.63, 3.8) is 0 Å². The second-order valence-electron chi connectivity index (χ2n) is 7.80. The van der Waals surface area contributed by atoms with Gasteiger partial charge >= 0.3 is 0 Å². The van der Waals surface area contributed by atoms with Gasteiger partial charge in [-0.05, 0) is 51.0 Å². The van der Waals surface area contributed by atoms with Gasteiger partial charge in [0.05, 0.1) is 12.0 Å². The fourth-order valence-corrected chi connectivity index (χ4v) is 4.41. The molecule has 0 N–H and O–H groups in total. The van der Waals surface area contributed by atoms with Gasteiger partial charge in [0.2, 0.25) is 5.91 Å². The van der Waals surface area contributed by atoms with Crippen molar-refractivity contribution in [1.82, 2.24) is 19.4 Å². The highest BCUT2D eigenvalue weighted by Gasteiger charge is 2.47. The molecule has 1 amide bonds. The molecule has 3 fully saturated rings. The standard InChI is InChI=1S/C18H28N4O/c1-20-14-19-11-16(20)13-21-9-2-6-18(8-10-21)7-5-17(23)22(18)12-15-3-4-15/h11,14-15H,2-10,12-13H2,1H3. The third-order valence-corrected chi connectivity index (χ3v) is 6.13. The Morgan fingerprint density at radius 1 is 1.26 bits per heavy atom. The van der Waals surface area contributed by atoms with Crippen molar-refractivity contribution in [2.75, 3.05) is 19.6 Å². The lowest BCUT2D eigenvalue weighted by Crippen LogP contribution is -2.47. The molecule has 1 aliphatic carbocycles. The molecule has 1 atom stereocenters. The van der Waals surface area contributed by atoms with Crippen LogP contribution in [0.1, 0.15) is 50.6 Å². The number of rotatable bonds is 4. The van der Waals surface area contributed by atoms with Crippen LogP contribution in [0.2, 0.25) is 0 Å². The number of likely N-dealkylation sites (tertiary alicyclic amines) is 2. The molecule has 0 radical (unpaired) electrons. The maximum absolute atomic E-state index is 12.4. The van der Waals surface area contributed by atoms with E-state index in [1.165, 1.54) is 31.4 Å². The summed E-state index contributed by atoms with van der Waals surface area (Å²) in [6, 6.07) is 0. The zero-order valence-corrected chi connectivity index (χ0v) is 14.2. The Bertz CT molecular complexity index is 579. The van der Waals surface area contributed by atoms with Crippen LogP contribution in [0, 0.1) is 5.92 Å². The summed E-state index contributed by atoms with van der Waals surface area (Å²) in [6.45, 7) is 4.24. The van der Waals surface area contributed by atoms with Crippen LogP contribution in [0.15, 0.2) is 12.5 Å². The van der Waals surface area contributed by atoms with Crippen molar-refractivity contribution >= 4 is 5.91 Å². The molecule has 126 valence electrons. The Balaban J connectivity index is 1.43. The van der Waals surface area contributed by atoms with E-state index >= 15 is 0 Å². The second-order valence-corrected chi connectivity index (χ2v) is 7.80. The van der Waals surface area contributed by atoms with Crippen molar-refractivity contribution in [3.05, 3.63) is 18.2 Å². The van der Waals surface area contributed by atoms with Crippen molar-refractivity contribution < 1.29 is 4.79 Å². The highest BCUT2D eigenvalue weighted by molar-refractivity contribution is 5.79. The average molecular weight is 316 g/mol. The van der Waals surface area contributed by atoms with E-state index in [0.717, 1.165) is 51.4 Å². The third kappa shape index (κ3) is 3.03. The quantitative estimate of drug-likeness (QED) is 0.855. The highest BCUT2D eigenvalue weighted by atomic mass is 16.2. The van der Waals surface area contributed by atoms with E-state index < -0.39 is 0 Å². The molecule has 0 aromatic carbocycles. The van der Waals surface area contributed by atoms with E-state index in [4.69, 9.17) is 0 Å². The summed E-state index contributed by atoms with van der Waals surface area (Å²) in [6.07, 6.45) is 11.9. The molecular weight excluding hydrogens is 288 g/mol. The van der Waals surface area contributed by atoms with Gasteiger partial charge in [-0.25, -0.2) is 4.98 Å². The minimum atomic E-state index is 0.168. The predicted octanol–water partition coefficient (Wildman–Crippen LogP) is 2.18. The topological polar surface area (TPSA) is 41.4 Å². The summed E-state index contributed by atoms with van der Waals surface area (Å²) >= 11 is 0. The van der Waals surface area contributed by atoms with Crippen LogP contribution in [-0.2, 0) is 18.4 Å². The van der Waals surface area contributed by atoms with Crippen LogP contribution in [0.5, 0.6) is 0 Å². The second kappa shape index (κ2) is 5.93. The molecule has 1 spiro atoms.